The predicted molar refractivity (Wildman–Crippen MR) is 123 cm³/mol. The first-order chi connectivity index (χ1) is 13.4. The van der Waals surface area contributed by atoms with E-state index in [-0.39, 0.29) is 0 Å². The van der Waals surface area contributed by atoms with Gasteiger partial charge >= 0.3 is 17.4 Å². The predicted octanol–water partition coefficient (Wildman–Crippen LogP) is 1.84. The van der Waals surface area contributed by atoms with Crippen molar-refractivity contribution in [3.8, 4) is 0 Å². The number of hydrogen-bond acceptors (Lipinski definition) is 7. The van der Waals surface area contributed by atoms with E-state index in [0.717, 1.165) is 38.3 Å². The normalized spacial score (nSPS) is 13.6. The second-order valence-corrected chi connectivity index (χ2v) is 15.3. The fraction of sp³-hybridized carbons (Fsp3) is 0.889. The summed E-state index contributed by atoms with van der Waals surface area (Å²) in [6.45, 7) is 15.0. The van der Waals surface area contributed by atoms with Crippen molar-refractivity contribution >= 4 is 26.9 Å². The molecule has 0 aromatic heterocycles. The van der Waals surface area contributed by atoms with E-state index >= 15 is 0 Å². The van der Waals surface area contributed by atoms with Crippen LogP contribution in [0.4, 0.5) is 0 Å². The summed E-state index contributed by atoms with van der Waals surface area (Å²) >= 11 is 0. The molecule has 0 heterocycles. The third-order valence-electron chi connectivity index (χ3n) is 4.91. The third-order valence-corrected chi connectivity index (χ3v) is 14.7. The van der Waals surface area contributed by atoms with Gasteiger partial charge in [0.25, 0.3) is 0 Å². The number of nitrogens with zero attached hydrogens (tertiary/aromatic N) is 1. The van der Waals surface area contributed by atoms with E-state index in [0.29, 0.717) is 13.2 Å². The Hall–Kier alpha value is -0.0494. The van der Waals surface area contributed by atoms with Gasteiger partial charge in [-0.15, -0.1) is 0 Å². The van der Waals surface area contributed by atoms with Gasteiger partial charge < -0.3 is 32.3 Å². The highest BCUT2D eigenvalue weighted by molar-refractivity contribution is 6.86. The molecule has 0 aliphatic rings. The maximum absolute atomic E-state index is 6.17. The molecule has 0 spiro atoms. The van der Waals surface area contributed by atoms with Crippen molar-refractivity contribution < 1.29 is 22.1 Å². The fourth-order valence-corrected chi connectivity index (χ4v) is 10.7. The van der Waals surface area contributed by atoms with E-state index in [1.54, 1.807) is 21.3 Å². The summed E-state index contributed by atoms with van der Waals surface area (Å²) in [5.41, 5.74) is 0. The van der Waals surface area contributed by atoms with Gasteiger partial charge in [0.1, 0.15) is 0 Å². The summed E-state index contributed by atoms with van der Waals surface area (Å²) in [4.78, 5) is 3.78. The quantitative estimate of drug-likeness (QED) is 0.251. The summed E-state index contributed by atoms with van der Waals surface area (Å²) in [7, 11) is -0.295. The smallest absolute Gasteiger partial charge is 0.392 e. The molecule has 0 fully saturated rings. The molecule has 0 aliphatic heterocycles. The molecule has 1 N–H and O–H groups in total. The fourth-order valence-electron chi connectivity index (χ4n) is 3.15. The number of nitrogens with one attached hydrogen (secondary N) is 1. The highest BCUT2D eigenvalue weighted by atomic mass is 28.4. The molecule has 0 radical (unpaired) electrons. The van der Waals surface area contributed by atoms with E-state index < -0.39 is 26.9 Å². The van der Waals surface area contributed by atoms with Crippen LogP contribution in [0.25, 0.3) is 0 Å². The second kappa shape index (κ2) is 15.7. The van der Waals surface area contributed by atoms with Crippen molar-refractivity contribution in [2.75, 3.05) is 60.3 Å². The SMILES string of the molecule is CCO[Si](C)(OCC)C(=CN(CC)CC)[SiH2]CNCCC[Si](OC)(OC)OC. The summed E-state index contributed by atoms with van der Waals surface area (Å²) in [6.07, 6.45) is 4.32. The first-order valence-electron chi connectivity index (χ1n) is 10.5. The van der Waals surface area contributed by atoms with E-state index in [4.69, 9.17) is 22.1 Å². The molecule has 28 heavy (non-hydrogen) atoms. The lowest BCUT2D eigenvalue weighted by Crippen LogP contribution is -2.46. The average Bonchev–Trinajstić information content (AvgIpc) is 2.70. The molecule has 0 aliphatic carbocycles. The van der Waals surface area contributed by atoms with Gasteiger partial charge in [0, 0.05) is 53.7 Å². The van der Waals surface area contributed by atoms with Crippen LogP contribution < -0.4 is 5.32 Å². The highest BCUT2D eigenvalue weighted by Crippen LogP contribution is 2.19. The Balaban J connectivity index is 4.81. The van der Waals surface area contributed by atoms with Gasteiger partial charge in [-0.05, 0) is 64.4 Å². The van der Waals surface area contributed by atoms with Crippen LogP contribution in [0.2, 0.25) is 12.6 Å². The molecule has 7 nitrogen and oxygen atoms in total. The van der Waals surface area contributed by atoms with Crippen molar-refractivity contribution in [3.05, 3.63) is 11.0 Å². The minimum atomic E-state index is -2.46. The van der Waals surface area contributed by atoms with Crippen LogP contribution >= 0.6 is 0 Å². The van der Waals surface area contributed by atoms with Gasteiger partial charge in [-0.2, -0.15) is 0 Å². The highest BCUT2D eigenvalue weighted by Gasteiger charge is 2.37. The molecule has 0 bridgehead atoms. The Morgan fingerprint density at radius 2 is 1.50 bits per heavy atom. The van der Waals surface area contributed by atoms with Crippen molar-refractivity contribution in [2.45, 2.75) is 46.7 Å². The van der Waals surface area contributed by atoms with E-state index in [1.807, 2.05) is 0 Å². The summed E-state index contributed by atoms with van der Waals surface area (Å²) in [6, 6.07) is 0.817. The Morgan fingerprint density at radius 1 is 0.964 bits per heavy atom. The topological polar surface area (TPSA) is 61.4 Å². The standard InChI is InChI=1S/C18H44N2O5Si3/c1-9-20(10-2)16-18(27(8,24-11-3)25-12-4)26-17-19-14-13-15-28(21-5,22-6)23-7/h16,19H,9-15,17,26H2,1-8H3. The number of hydrogen-bond donors (Lipinski definition) is 1. The molecule has 10 heteroatoms. The Labute approximate surface area is 177 Å². The summed E-state index contributed by atoms with van der Waals surface area (Å²) in [5.74, 6) is 0. The van der Waals surface area contributed by atoms with Crippen LogP contribution in [-0.4, -0.2) is 92.1 Å². The van der Waals surface area contributed by atoms with E-state index in [2.05, 4.69) is 50.7 Å². The molecule has 0 saturated heterocycles. The first kappa shape index (κ1) is 28.0. The van der Waals surface area contributed by atoms with Crippen molar-refractivity contribution in [1.29, 1.82) is 0 Å². The van der Waals surface area contributed by atoms with Crippen LogP contribution in [0.1, 0.15) is 34.1 Å². The van der Waals surface area contributed by atoms with Gasteiger partial charge in [-0.3, -0.25) is 0 Å². The molecule has 0 unspecified atom stereocenters. The minimum absolute atomic E-state index is 0.521. The van der Waals surface area contributed by atoms with Crippen LogP contribution in [0.3, 0.4) is 0 Å². The zero-order valence-corrected chi connectivity index (χ0v) is 22.8. The zero-order chi connectivity index (χ0) is 21.5. The Kier molecular flexibility index (Phi) is 15.7. The lowest BCUT2D eigenvalue weighted by molar-refractivity contribution is 0.123. The summed E-state index contributed by atoms with van der Waals surface area (Å²) < 4.78 is 28.8. The van der Waals surface area contributed by atoms with Gasteiger partial charge in [-0.25, -0.2) is 0 Å². The van der Waals surface area contributed by atoms with Gasteiger partial charge in [0.2, 0.25) is 0 Å². The van der Waals surface area contributed by atoms with Crippen molar-refractivity contribution in [2.24, 2.45) is 0 Å². The van der Waals surface area contributed by atoms with Crippen LogP contribution in [0.5, 0.6) is 0 Å². The maximum atomic E-state index is 6.17. The summed E-state index contributed by atoms with van der Waals surface area (Å²) in [5, 5.41) is 3.60. The van der Waals surface area contributed by atoms with E-state index in [9.17, 15) is 0 Å². The lowest BCUT2D eigenvalue weighted by atomic mass is 10.5. The number of rotatable bonds is 18. The average molecular weight is 453 g/mol. The molecule has 0 amide bonds. The monoisotopic (exact) mass is 452 g/mol. The van der Waals surface area contributed by atoms with Crippen LogP contribution in [-0.2, 0) is 22.1 Å². The lowest BCUT2D eigenvalue weighted by Gasteiger charge is -2.31. The maximum Gasteiger partial charge on any atom is 0.500 e. The molecule has 0 atom stereocenters. The van der Waals surface area contributed by atoms with Crippen molar-refractivity contribution in [3.63, 3.8) is 0 Å². The minimum Gasteiger partial charge on any atom is -0.392 e. The Bertz CT molecular complexity index is 408. The molecular formula is C18H44N2O5Si3. The molecule has 0 saturated carbocycles. The second-order valence-electron chi connectivity index (χ2n) is 6.59. The molecule has 0 rings (SSSR count). The van der Waals surface area contributed by atoms with Gasteiger partial charge in [-0.1, -0.05) is 0 Å². The van der Waals surface area contributed by atoms with E-state index in [1.165, 1.54) is 4.82 Å². The third kappa shape index (κ3) is 9.63. The zero-order valence-electron chi connectivity index (χ0n) is 19.4. The largest absolute Gasteiger partial charge is 0.500 e. The first-order valence-corrected chi connectivity index (χ1v) is 16.5. The Morgan fingerprint density at radius 3 is 1.93 bits per heavy atom. The van der Waals surface area contributed by atoms with Crippen LogP contribution in [0, 0.1) is 0 Å². The molecular weight excluding hydrogens is 408 g/mol. The molecule has 0 aromatic rings. The van der Waals surface area contributed by atoms with Gasteiger partial charge in [0.05, 0.1) is 9.52 Å². The van der Waals surface area contributed by atoms with Gasteiger partial charge in [0.15, 0.2) is 0 Å². The van der Waals surface area contributed by atoms with Crippen LogP contribution in [0.15, 0.2) is 11.0 Å². The van der Waals surface area contributed by atoms with Crippen molar-refractivity contribution in [1.82, 2.24) is 10.2 Å². The molecule has 168 valence electrons. The molecule has 0 aromatic carbocycles.